The number of hydrogen-bond donors (Lipinski definition) is 2. The molecule has 0 amide bonds. The summed E-state index contributed by atoms with van der Waals surface area (Å²) in [6.07, 6.45) is 1.20. The van der Waals surface area contributed by atoms with Crippen LogP contribution in [0.4, 0.5) is 0 Å². The van der Waals surface area contributed by atoms with Crippen LogP contribution >= 0.6 is 11.3 Å². The first-order chi connectivity index (χ1) is 14.1. The van der Waals surface area contributed by atoms with Gasteiger partial charge in [-0.2, -0.15) is 0 Å². The van der Waals surface area contributed by atoms with E-state index in [-0.39, 0.29) is 23.4 Å². The third-order valence-corrected chi connectivity index (χ3v) is 7.17. The van der Waals surface area contributed by atoms with E-state index in [0.717, 1.165) is 28.8 Å². The lowest BCUT2D eigenvalue weighted by Gasteiger charge is -2.32. The summed E-state index contributed by atoms with van der Waals surface area (Å²) in [5, 5.41) is 10.3. The molecule has 1 aromatic carbocycles. The highest BCUT2D eigenvalue weighted by atomic mass is 32.1. The van der Waals surface area contributed by atoms with Gasteiger partial charge < -0.3 is 20.3 Å². The third kappa shape index (κ3) is 5.05. The van der Waals surface area contributed by atoms with E-state index in [9.17, 15) is 9.90 Å². The fourth-order valence-corrected chi connectivity index (χ4v) is 4.83. The van der Waals surface area contributed by atoms with E-state index in [2.05, 4.69) is 26.0 Å². The number of carbonyl (C=O) groups is 1. The summed E-state index contributed by atoms with van der Waals surface area (Å²) in [6, 6.07) is 9.98. The fraction of sp³-hybridized carbons (Fsp3) is 0.542. The smallest absolute Gasteiger partial charge is 0.348 e. The Kier molecular flexibility index (Phi) is 8.08. The molecule has 0 bridgehead atoms. The van der Waals surface area contributed by atoms with E-state index in [1.807, 2.05) is 39.0 Å². The molecule has 0 fully saturated rings. The van der Waals surface area contributed by atoms with E-state index in [0.29, 0.717) is 17.2 Å². The number of ether oxygens (including phenoxy) is 2. The van der Waals surface area contributed by atoms with Gasteiger partial charge in [0.2, 0.25) is 0 Å². The number of methoxy groups -OCH3 is 1. The molecule has 166 valence electrons. The maximum absolute atomic E-state index is 11.9. The quantitative estimate of drug-likeness (QED) is 0.551. The maximum Gasteiger partial charge on any atom is 0.348 e. The Morgan fingerprint density at radius 1 is 1.17 bits per heavy atom. The molecule has 0 spiro atoms. The normalized spacial score (nSPS) is 13.2. The molecule has 5 nitrogen and oxygen atoms in total. The predicted molar refractivity (Wildman–Crippen MR) is 122 cm³/mol. The van der Waals surface area contributed by atoms with Gasteiger partial charge in [0.1, 0.15) is 17.2 Å². The first kappa shape index (κ1) is 24.4. The highest BCUT2D eigenvalue weighted by Gasteiger charge is 2.33. The Bertz CT molecular complexity index is 849. The number of nitrogens with two attached hydrogens (primary N) is 1. The van der Waals surface area contributed by atoms with Gasteiger partial charge in [-0.3, -0.25) is 0 Å². The second kappa shape index (κ2) is 9.94. The standard InChI is InChI=1S/C24H35NO4S/c1-7-24(8-2,21-12-11-19(30-21)22(27)28-6)17-9-10-18(16(13-17)14-25)29-15-20(26)23(3,4)5/h9-13,20,26H,7-8,14-15,25H2,1-6H3. The Hall–Kier alpha value is -1.89. The summed E-state index contributed by atoms with van der Waals surface area (Å²) in [7, 11) is 1.40. The molecule has 30 heavy (non-hydrogen) atoms. The Morgan fingerprint density at radius 3 is 2.37 bits per heavy atom. The van der Waals surface area contributed by atoms with Crippen molar-refractivity contribution in [1.29, 1.82) is 0 Å². The van der Waals surface area contributed by atoms with E-state index in [1.54, 1.807) is 0 Å². The number of hydrogen-bond acceptors (Lipinski definition) is 6. The summed E-state index contributed by atoms with van der Waals surface area (Å²) in [5.41, 5.74) is 7.62. The molecule has 0 aliphatic rings. The molecule has 6 heteroatoms. The molecule has 1 atom stereocenters. The summed E-state index contributed by atoms with van der Waals surface area (Å²) >= 11 is 1.48. The maximum atomic E-state index is 11.9. The highest BCUT2D eigenvalue weighted by molar-refractivity contribution is 7.14. The lowest BCUT2D eigenvalue weighted by molar-refractivity contribution is 0.0215. The zero-order valence-corrected chi connectivity index (χ0v) is 19.8. The van der Waals surface area contributed by atoms with Crippen LogP contribution in [0.5, 0.6) is 5.75 Å². The van der Waals surface area contributed by atoms with E-state index < -0.39 is 6.10 Å². The Labute approximate surface area is 184 Å². The van der Waals surface area contributed by atoms with Gasteiger partial charge in [-0.15, -0.1) is 11.3 Å². The Balaban J connectivity index is 2.39. The number of thiophene rings is 1. The first-order valence-corrected chi connectivity index (χ1v) is 11.3. The number of carbonyl (C=O) groups excluding carboxylic acids is 1. The number of rotatable bonds is 9. The van der Waals surface area contributed by atoms with Crippen molar-refractivity contribution in [2.24, 2.45) is 11.1 Å². The average molecular weight is 434 g/mol. The van der Waals surface area contributed by atoms with Crippen molar-refractivity contribution in [1.82, 2.24) is 0 Å². The SMILES string of the molecule is CCC(CC)(c1ccc(OCC(O)C(C)(C)C)c(CN)c1)c1ccc(C(=O)OC)s1. The summed E-state index contributed by atoms with van der Waals surface area (Å²) in [4.78, 5) is 13.7. The molecule has 3 N–H and O–H groups in total. The molecule has 0 aliphatic heterocycles. The molecule has 0 radical (unpaired) electrons. The van der Waals surface area contributed by atoms with Crippen molar-refractivity contribution in [2.75, 3.05) is 13.7 Å². The van der Waals surface area contributed by atoms with Crippen molar-refractivity contribution in [3.8, 4) is 5.75 Å². The van der Waals surface area contributed by atoms with Gasteiger partial charge in [-0.1, -0.05) is 40.7 Å². The molecule has 1 heterocycles. The Morgan fingerprint density at radius 2 is 1.83 bits per heavy atom. The minimum atomic E-state index is -0.573. The second-order valence-electron chi connectivity index (χ2n) is 8.66. The van der Waals surface area contributed by atoms with Gasteiger partial charge in [-0.05, 0) is 48.1 Å². The van der Waals surface area contributed by atoms with Crippen molar-refractivity contribution in [3.63, 3.8) is 0 Å². The minimum Gasteiger partial charge on any atom is -0.491 e. The van der Waals surface area contributed by atoms with Crippen molar-refractivity contribution in [3.05, 3.63) is 51.2 Å². The molecule has 2 aromatic rings. The van der Waals surface area contributed by atoms with Crippen LogP contribution in [-0.4, -0.2) is 30.9 Å². The lowest BCUT2D eigenvalue weighted by Crippen LogP contribution is -2.32. The molecule has 1 unspecified atom stereocenters. The summed E-state index contributed by atoms with van der Waals surface area (Å²) in [6.45, 7) is 10.8. The van der Waals surface area contributed by atoms with Crippen LogP contribution in [-0.2, 0) is 16.7 Å². The van der Waals surface area contributed by atoms with Crippen LogP contribution in [0.25, 0.3) is 0 Å². The van der Waals surface area contributed by atoms with Crippen LogP contribution in [0.15, 0.2) is 30.3 Å². The van der Waals surface area contributed by atoms with Crippen LogP contribution in [0.3, 0.4) is 0 Å². The minimum absolute atomic E-state index is 0.218. The molecular weight excluding hydrogens is 398 g/mol. The first-order valence-electron chi connectivity index (χ1n) is 10.5. The van der Waals surface area contributed by atoms with Crippen molar-refractivity contribution < 1.29 is 19.4 Å². The van der Waals surface area contributed by atoms with Crippen LogP contribution < -0.4 is 10.5 Å². The number of aliphatic hydroxyl groups is 1. The van der Waals surface area contributed by atoms with Crippen LogP contribution in [0.1, 0.15) is 73.1 Å². The predicted octanol–water partition coefficient (Wildman–Crippen LogP) is 4.89. The van der Waals surface area contributed by atoms with Gasteiger partial charge in [0, 0.05) is 22.4 Å². The molecule has 0 saturated heterocycles. The van der Waals surface area contributed by atoms with Crippen molar-refractivity contribution >= 4 is 17.3 Å². The molecule has 2 rings (SSSR count). The van der Waals surface area contributed by atoms with E-state index in [1.165, 1.54) is 18.4 Å². The van der Waals surface area contributed by atoms with Gasteiger partial charge >= 0.3 is 5.97 Å². The number of esters is 1. The largest absolute Gasteiger partial charge is 0.491 e. The van der Waals surface area contributed by atoms with Gasteiger partial charge in [0.15, 0.2) is 0 Å². The molecule has 1 aromatic heterocycles. The second-order valence-corrected chi connectivity index (χ2v) is 9.75. The van der Waals surface area contributed by atoms with Crippen LogP contribution in [0.2, 0.25) is 0 Å². The van der Waals surface area contributed by atoms with Gasteiger partial charge in [0.05, 0.1) is 13.2 Å². The zero-order chi connectivity index (χ0) is 22.5. The summed E-state index contributed by atoms with van der Waals surface area (Å²) in [5.74, 6) is 0.392. The fourth-order valence-electron chi connectivity index (χ4n) is 3.55. The number of benzene rings is 1. The highest BCUT2D eigenvalue weighted by Crippen LogP contribution is 2.43. The number of aliphatic hydroxyl groups excluding tert-OH is 1. The topological polar surface area (TPSA) is 81.8 Å². The molecule has 0 aliphatic carbocycles. The van der Waals surface area contributed by atoms with Gasteiger partial charge in [0.25, 0.3) is 0 Å². The molecular formula is C24H35NO4S. The average Bonchev–Trinajstić information content (AvgIpc) is 3.23. The van der Waals surface area contributed by atoms with E-state index >= 15 is 0 Å². The van der Waals surface area contributed by atoms with Crippen molar-refractivity contribution in [2.45, 2.75) is 65.5 Å². The zero-order valence-electron chi connectivity index (χ0n) is 19.0. The molecule has 0 saturated carbocycles. The van der Waals surface area contributed by atoms with E-state index in [4.69, 9.17) is 15.2 Å². The summed E-state index contributed by atoms with van der Waals surface area (Å²) < 4.78 is 10.8. The third-order valence-electron chi connectivity index (χ3n) is 5.90. The monoisotopic (exact) mass is 433 g/mol. The van der Waals surface area contributed by atoms with Crippen LogP contribution in [0, 0.1) is 5.41 Å². The lowest BCUT2D eigenvalue weighted by atomic mass is 9.74. The van der Waals surface area contributed by atoms with Gasteiger partial charge in [-0.25, -0.2) is 4.79 Å².